The molecule has 0 aromatic heterocycles. The molecule has 0 saturated carbocycles. The first-order valence-corrected chi connectivity index (χ1v) is 11.5. The summed E-state index contributed by atoms with van der Waals surface area (Å²) in [6, 6.07) is -4.47. The first-order valence-electron chi connectivity index (χ1n) is 11.5. The van der Waals surface area contributed by atoms with E-state index in [0.29, 0.717) is 19.3 Å². The highest BCUT2D eigenvalue weighted by molar-refractivity contribution is 5.95. The number of guanidine groups is 1. The zero-order chi connectivity index (χ0) is 26.7. The van der Waals surface area contributed by atoms with E-state index in [1.165, 1.54) is 4.90 Å². The molecule has 4 unspecified atom stereocenters. The van der Waals surface area contributed by atoms with Gasteiger partial charge in [-0.1, -0.05) is 13.8 Å². The lowest BCUT2D eigenvalue weighted by atomic mass is 10.0. The summed E-state index contributed by atoms with van der Waals surface area (Å²) in [4.78, 5) is 66.1. The SMILES string of the molecule is CC(C)CC(N)C(=O)NC(CCCN=C(N)N)C(=O)N1CCCC1C(=O)NC(CC(=O)O)C(=O)O. The summed E-state index contributed by atoms with van der Waals surface area (Å²) in [6.07, 6.45) is 0.880. The fourth-order valence-corrected chi connectivity index (χ4v) is 3.80. The minimum atomic E-state index is -1.64. The van der Waals surface area contributed by atoms with Crippen LogP contribution in [0.1, 0.15) is 52.4 Å². The van der Waals surface area contributed by atoms with Crippen LogP contribution in [0.5, 0.6) is 0 Å². The number of carbonyl (C=O) groups excluding carboxylic acids is 3. The number of rotatable bonds is 14. The molecule has 0 aliphatic carbocycles. The molecule has 10 N–H and O–H groups in total. The normalized spacial score (nSPS) is 17.8. The highest BCUT2D eigenvalue weighted by Crippen LogP contribution is 2.20. The lowest BCUT2D eigenvalue weighted by molar-refractivity contribution is -0.148. The van der Waals surface area contributed by atoms with Gasteiger partial charge in [-0.3, -0.25) is 24.2 Å². The zero-order valence-corrected chi connectivity index (χ0v) is 20.1. The molecule has 0 aromatic rings. The number of carboxylic acids is 2. The number of hydrogen-bond acceptors (Lipinski definition) is 7. The summed E-state index contributed by atoms with van der Waals surface area (Å²) in [5.74, 6) is -4.65. The predicted molar refractivity (Wildman–Crippen MR) is 126 cm³/mol. The predicted octanol–water partition coefficient (Wildman–Crippen LogP) is -2.07. The first-order chi connectivity index (χ1) is 16.3. The number of likely N-dealkylation sites (tertiary alicyclic amines) is 1. The van der Waals surface area contributed by atoms with Crippen molar-refractivity contribution in [2.45, 2.75) is 76.5 Å². The minimum Gasteiger partial charge on any atom is -0.481 e. The maximum absolute atomic E-state index is 13.4. The summed E-state index contributed by atoms with van der Waals surface area (Å²) in [6.45, 7) is 4.26. The van der Waals surface area contributed by atoms with Crippen LogP contribution in [0, 0.1) is 5.92 Å². The Morgan fingerprint density at radius 2 is 1.74 bits per heavy atom. The number of nitrogens with zero attached hydrogens (tertiary/aromatic N) is 2. The van der Waals surface area contributed by atoms with Crippen molar-refractivity contribution < 1.29 is 34.2 Å². The molecule has 14 heteroatoms. The van der Waals surface area contributed by atoms with Crippen molar-refractivity contribution >= 4 is 35.6 Å². The van der Waals surface area contributed by atoms with Gasteiger partial charge in [-0.2, -0.15) is 0 Å². The molecular weight excluding hydrogens is 462 g/mol. The van der Waals surface area contributed by atoms with E-state index in [1.54, 1.807) is 0 Å². The molecule has 4 atom stereocenters. The summed E-state index contributed by atoms with van der Waals surface area (Å²) >= 11 is 0. The summed E-state index contributed by atoms with van der Waals surface area (Å²) < 4.78 is 0. The third-order valence-electron chi connectivity index (χ3n) is 5.45. The van der Waals surface area contributed by atoms with Gasteiger partial charge in [-0.25, -0.2) is 4.79 Å². The van der Waals surface area contributed by atoms with Crippen LogP contribution >= 0.6 is 0 Å². The van der Waals surface area contributed by atoms with Crippen molar-refractivity contribution in [3.05, 3.63) is 0 Å². The van der Waals surface area contributed by atoms with Crippen molar-refractivity contribution in [2.75, 3.05) is 13.1 Å². The van der Waals surface area contributed by atoms with E-state index < -0.39 is 60.2 Å². The average molecular weight is 500 g/mol. The van der Waals surface area contributed by atoms with Gasteiger partial charge in [-0.05, 0) is 38.0 Å². The smallest absolute Gasteiger partial charge is 0.326 e. The van der Waals surface area contributed by atoms with E-state index in [9.17, 15) is 29.1 Å². The molecule has 1 heterocycles. The molecule has 0 radical (unpaired) electrons. The Morgan fingerprint density at radius 1 is 1.09 bits per heavy atom. The maximum Gasteiger partial charge on any atom is 0.326 e. The van der Waals surface area contributed by atoms with Crippen LogP contribution in [0.2, 0.25) is 0 Å². The monoisotopic (exact) mass is 499 g/mol. The van der Waals surface area contributed by atoms with Gasteiger partial charge in [0.1, 0.15) is 18.1 Å². The van der Waals surface area contributed by atoms with Crippen molar-refractivity contribution in [1.82, 2.24) is 15.5 Å². The van der Waals surface area contributed by atoms with Gasteiger partial charge in [0.05, 0.1) is 12.5 Å². The number of carbonyl (C=O) groups is 5. The lowest BCUT2D eigenvalue weighted by Gasteiger charge is -2.30. The van der Waals surface area contributed by atoms with Gasteiger partial charge in [0.25, 0.3) is 0 Å². The van der Waals surface area contributed by atoms with E-state index in [4.69, 9.17) is 22.3 Å². The van der Waals surface area contributed by atoms with Crippen molar-refractivity contribution in [1.29, 1.82) is 0 Å². The number of hydrogen-bond donors (Lipinski definition) is 7. The van der Waals surface area contributed by atoms with Crippen LogP contribution in [-0.2, 0) is 24.0 Å². The van der Waals surface area contributed by atoms with Gasteiger partial charge in [0, 0.05) is 13.1 Å². The number of aliphatic imine (C=N–C) groups is 1. The Balaban J connectivity index is 2.99. The Morgan fingerprint density at radius 3 is 2.29 bits per heavy atom. The molecule has 1 fully saturated rings. The highest BCUT2D eigenvalue weighted by atomic mass is 16.4. The minimum absolute atomic E-state index is 0.110. The number of carboxylic acid groups (broad SMARTS) is 2. The van der Waals surface area contributed by atoms with Crippen LogP contribution in [-0.4, -0.2) is 88.0 Å². The molecule has 1 aliphatic heterocycles. The molecular formula is C21H37N7O7. The number of amides is 3. The fraction of sp³-hybridized carbons (Fsp3) is 0.714. The summed E-state index contributed by atoms with van der Waals surface area (Å²) in [5.41, 5.74) is 16.6. The molecule has 0 spiro atoms. The number of aliphatic carboxylic acids is 2. The van der Waals surface area contributed by atoms with Crippen molar-refractivity contribution in [3.63, 3.8) is 0 Å². The molecule has 198 valence electrons. The van der Waals surface area contributed by atoms with Crippen LogP contribution < -0.4 is 27.8 Å². The number of nitrogens with one attached hydrogen (secondary N) is 2. The standard InChI is InChI=1S/C21H37N7O7/c1-11(2)9-12(22)17(31)26-13(5-3-7-25-21(23)24)19(33)28-8-4-6-15(28)18(32)27-14(20(34)35)10-16(29)30/h11-15H,3-10,22H2,1-2H3,(H,26,31)(H,27,32)(H,29,30)(H,34,35)(H4,23,24,25). The Kier molecular flexibility index (Phi) is 11.9. The molecule has 3 amide bonds. The van der Waals surface area contributed by atoms with Crippen LogP contribution in [0.15, 0.2) is 4.99 Å². The Hall–Kier alpha value is -3.42. The van der Waals surface area contributed by atoms with Crippen molar-refractivity contribution in [3.8, 4) is 0 Å². The maximum atomic E-state index is 13.4. The van der Waals surface area contributed by atoms with Gasteiger partial charge >= 0.3 is 11.9 Å². The van der Waals surface area contributed by atoms with Gasteiger partial charge < -0.3 is 42.9 Å². The topological polar surface area (TPSA) is 244 Å². The second-order valence-corrected chi connectivity index (χ2v) is 8.93. The molecule has 1 aliphatic rings. The highest BCUT2D eigenvalue weighted by Gasteiger charge is 2.39. The van der Waals surface area contributed by atoms with E-state index >= 15 is 0 Å². The largest absolute Gasteiger partial charge is 0.481 e. The third kappa shape index (κ3) is 10.2. The second-order valence-electron chi connectivity index (χ2n) is 8.93. The van der Waals surface area contributed by atoms with Gasteiger partial charge in [0.15, 0.2) is 5.96 Å². The first kappa shape index (κ1) is 29.6. The number of nitrogens with two attached hydrogens (primary N) is 3. The fourth-order valence-electron chi connectivity index (χ4n) is 3.80. The van der Waals surface area contributed by atoms with E-state index in [-0.39, 0.29) is 37.8 Å². The molecule has 35 heavy (non-hydrogen) atoms. The van der Waals surface area contributed by atoms with E-state index in [2.05, 4.69) is 15.6 Å². The Bertz CT molecular complexity index is 814. The molecule has 0 aromatic carbocycles. The second kappa shape index (κ2) is 14.1. The van der Waals surface area contributed by atoms with Gasteiger partial charge in [0.2, 0.25) is 17.7 Å². The summed E-state index contributed by atoms with van der Waals surface area (Å²) in [5, 5.41) is 22.9. The zero-order valence-electron chi connectivity index (χ0n) is 20.1. The van der Waals surface area contributed by atoms with Crippen molar-refractivity contribution in [2.24, 2.45) is 28.1 Å². The molecule has 14 nitrogen and oxygen atoms in total. The molecule has 0 bridgehead atoms. The average Bonchev–Trinajstić information content (AvgIpc) is 3.23. The lowest BCUT2D eigenvalue weighted by Crippen LogP contribution is -2.57. The summed E-state index contributed by atoms with van der Waals surface area (Å²) in [7, 11) is 0. The molecule has 1 saturated heterocycles. The van der Waals surface area contributed by atoms with E-state index in [1.807, 2.05) is 13.8 Å². The van der Waals surface area contributed by atoms with Crippen LogP contribution in [0.4, 0.5) is 0 Å². The van der Waals surface area contributed by atoms with E-state index in [0.717, 1.165) is 0 Å². The van der Waals surface area contributed by atoms with Gasteiger partial charge in [-0.15, -0.1) is 0 Å². The van der Waals surface area contributed by atoms with Crippen LogP contribution in [0.3, 0.4) is 0 Å². The molecule has 1 rings (SSSR count). The Labute approximate surface area is 203 Å². The van der Waals surface area contributed by atoms with Crippen LogP contribution in [0.25, 0.3) is 0 Å². The third-order valence-corrected chi connectivity index (χ3v) is 5.45. The quantitative estimate of drug-likeness (QED) is 0.0781.